The lowest BCUT2D eigenvalue weighted by Gasteiger charge is -2.04. The number of para-hydroxylation sites is 4. The van der Waals surface area contributed by atoms with Crippen LogP contribution in [0.2, 0.25) is 0 Å². The number of hydrogen-bond donors (Lipinski definition) is 2. The molecule has 0 amide bonds. The average Bonchev–Trinajstić information content (AvgIpc) is 3.62. The Labute approximate surface area is 284 Å². The Morgan fingerprint density at radius 3 is 1.55 bits per heavy atom. The van der Waals surface area contributed by atoms with Crippen LogP contribution in [-0.4, -0.2) is 17.2 Å². The highest BCUT2D eigenvalue weighted by Gasteiger charge is 2.18. The quantitative estimate of drug-likeness (QED) is 0.135. The molecule has 8 aromatic rings. The van der Waals surface area contributed by atoms with E-state index in [1.807, 2.05) is 78.9 Å². The number of furan rings is 2. The maximum Gasteiger partial charge on any atom is 0.492 e. The Kier molecular flexibility index (Phi) is 9.54. The maximum atomic E-state index is 9.24. The third-order valence-corrected chi connectivity index (χ3v) is 10.2. The number of hydrogen-bond acceptors (Lipinski definition) is 4. The van der Waals surface area contributed by atoms with Gasteiger partial charge in [-0.2, -0.15) is 0 Å². The molecule has 8 rings (SSSR count). The first kappa shape index (κ1) is 30.6. The van der Waals surface area contributed by atoms with Gasteiger partial charge in [0.25, 0.3) is 0 Å². The highest BCUT2D eigenvalue weighted by Crippen LogP contribution is 2.38. The summed E-state index contributed by atoms with van der Waals surface area (Å²) in [6.45, 7) is 0. The van der Waals surface area contributed by atoms with E-state index < -0.39 is 7.12 Å². The lowest BCUT2D eigenvalue weighted by Crippen LogP contribution is -2.29. The van der Waals surface area contributed by atoms with Crippen molar-refractivity contribution in [3.63, 3.8) is 0 Å². The Morgan fingerprint density at radius 2 is 0.955 bits per heavy atom. The van der Waals surface area contributed by atoms with Crippen molar-refractivity contribution in [2.75, 3.05) is 0 Å². The monoisotopic (exact) mass is 816 g/mol. The van der Waals surface area contributed by atoms with Gasteiger partial charge in [0.2, 0.25) is 0 Å². The highest BCUT2D eigenvalue weighted by molar-refractivity contribution is 14.1. The molecule has 216 valence electrons. The standard InChI is InChI=1S/C18H11BrO.C12H9BO3.C6H4BrI/c19-16-10-3-1-6-12(16)14-8-5-9-15-13-7-2-4-11-17(13)20-18(14)15;14-13(15)10-6-3-5-9-8-4-1-2-7-11(8)16-12(9)10;7-5-3-1-2-4-6(5)8/h1-11H;1-7,14-15H;1-4H. The Hall–Kier alpha value is -3.41. The van der Waals surface area contributed by atoms with Crippen molar-refractivity contribution in [1.29, 1.82) is 0 Å². The fourth-order valence-electron chi connectivity index (χ4n) is 5.05. The summed E-state index contributed by atoms with van der Waals surface area (Å²) in [5.41, 5.74) is 5.84. The minimum Gasteiger partial charge on any atom is -0.456 e. The normalized spacial score (nSPS) is 10.8. The van der Waals surface area contributed by atoms with Crippen LogP contribution < -0.4 is 5.46 Å². The van der Waals surface area contributed by atoms with Crippen molar-refractivity contribution < 1.29 is 18.9 Å². The molecule has 0 saturated carbocycles. The Morgan fingerprint density at radius 1 is 0.477 bits per heavy atom. The van der Waals surface area contributed by atoms with Crippen LogP contribution in [0.25, 0.3) is 55.0 Å². The van der Waals surface area contributed by atoms with E-state index in [9.17, 15) is 10.0 Å². The van der Waals surface area contributed by atoms with E-state index in [1.165, 1.54) is 8.04 Å². The van der Waals surface area contributed by atoms with Gasteiger partial charge in [-0.3, -0.25) is 0 Å². The fourth-order valence-corrected chi connectivity index (χ4v) is 6.22. The summed E-state index contributed by atoms with van der Waals surface area (Å²) in [5.74, 6) is 0. The largest absolute Gasteiger partial charge is 0.492 e. The fraction of sp³-hybridized carbons (Fsp3) is 0. The van der Waals surface area contributed by atoms with Crippen LogP contribution in [0.3, 0.4) is 0 Å². The third-order valence-electron chi connectivity index (χ3n) is 7.11. The van der Waals surface area contributed by atoms with Gasteiger partial charge in [-0.25, -0.2) is 0 Å². The maximum absolute atomic E-state index is 9.24. The van der Waals surface area contributed by atoms with E-state index in [1.54, 1.807) is 12.1 Å². The van der Waals surface area contributed by atoms with E-state index in [-0.39, 0.29) is 0 Å². The van der Waals surface area contributed by atoms with Crippen molar-refractivity contribution in [2.45, 2.75) is 0 Å². The van der Waals surface area contributed by atoms with Gasteiger partial charge in [-0.15, -0.1) is 0 Å². The van der Waals surface area contributed by atoms with Crippen LogP contribution in [0.1, 0.15) is 0 Å². The van der Waals surface area contributed by atoms with Crippen LogP contribution in [0.4, 0.5) is 0 Å². The minimum absolute atomic E-state index is 0.397. The molecule has 2 aromatic heterocycles. The molecular weight excluding hydrogens is 794 g/mol. The second kappa shape index (κ2) is 13.7. The topological polar surface area (TPSA) is 66.7 Å². The van der Waals surface area contributed by atoms with Crippen LogP contribution in [0.15, 0.2) is 151 Å². The van der Waals surface area contributed by atoms with Gasteiger partial charge < -0.3 is 18.9 Å². The number of benzene rings is 6. The van der Waals surface area contributed by atoms with E-state index in [4.69, 9.17) is 8.83 Å². The summed E-state index contributed by atoms with van der Waals surface area (Å²) in [7, 11) is -1.51. The van der Waals surface area contributed by atoms with Crippen LogP contribution in [0, 0.1) is 3.57 Å². The molecule has 0 saturated heterocycles. The van der Waals surface area contributed by atoms with Gasteiger partial charge in [-0.1, -0.05) is 119 Å². The Balaban J connectivity index is 0.000000128. The number of rotatable bonds is 2. The molecule has 2 N–H and O–H groups in total. The first-order valence-corrected chi connectivity index (χ1v) is 16.4. The zero-order chi connectivity index (χ0) is 30.6. The molecule has 0 atom stereocenters. The van der Waals surface area contributed by atoms with Crippen LogP contribution in [-0.2, 0) is 0 Å². The molecule has 0 aliphatic heterocycles. The van der Waals surface area contributed by atoms with Crippen molar-refractivity contribution >= 4 is 111 Å². The second-order valence-electron chi connectivity index (χ2n) is 9.87. The number of halogens is 3. The summed E-state index contributed by atoms with van der Waals surface area (Å²) >= 11 is 9.29. The van der Waals surface area contributed by atoms with E-state index in [0.29, 0.717) is 11.0 Å². The molecule has 0 aliphatic carbocycles. The van der Waals surface area contributed by atoms with Gasteiger partial charge in [0, 0.05) is 45.1 Å². The molecule has 6 aromatic carbocycles. The van der Waals surface area contributed by atoms with Gasteiger partial charge in [-0.05, 0) is 74.4 Å². The summed E-state index contributed by atoms with van der Waals surface area (Å²) in [6.07, 6.45) is 0. The minimum atomic E-state index is -1.51. The number of fused-ring (bicyclic) bond motifs is 6. The molecule has 0 radical (unpaired) electrons. The average molecular weight is 818 g/mol. The SMILES string of the molecule is Brc1ccccc1-c1cccc2c1oc1ccccc12.Brc1ccccc1I.OB(O)c1cccc2c1oc1ccccc12. The molecule has 0 unspecified atom stereocenters. The van der Waals surface area contributed by atoms with Crippen molar-refractivity contribution in [3.8, 4) is 11.1 Å². The first-order chi connectivity index (χ1) is 21.4. The van der Waals surface area contributed by atoms with Gasteiger partial charge >= 0.3 is 7.12 Å². The molecule has 0 bridgehead atoms. The van der Waals surface area contributed by atoms with Crippen LogP contribution >= 0.6 is 54.5 Å². The zero-order valence-corrected chi connectivity index (χ0v) is 28.5. The molecule has 44 heavy (non-hydrogen) atoms. The summed E-state index contributed by atoms with van der Waals surface area (Å²) in [5, 5.41) is 22.7. The highest BCUT2D eigenvalue weighted by atomic mass is 127. The second-order valence-corrected chi connectivity index (χ2v) is 12.7. The van der Waals surface area contributed by atoms with Crippen molar-refractivity contribution in [2.24, 2.45) is 0 Å². The molecule has 4 nitrogen and oxygen atoms in total. The molecular formula is C36H24BBr2IO4. The van der Waals surface area contributed by atoms with E-state index in [0.717, 1.165) is 53.9 Å². The molecule has 8 heteroatoms. The lowest BCUT2D eigenvalue weighted by molar-refractivity contribution is 0.425. The lowest BCUT2D eigenvalue weighted by atomic mass is 9.79. The van der Waals surface area contributed by atoms with Crippen molar-refractivity contribution in [3.05, 3.63) is 146 Å². The molecule has 0 fully saturated rings. The molecule has 0 spiro atoms. The van der Waals surface area contributed by atoms with Gasteiger partial charge in [0.05, 0.1) is 0 Å². The molecule has 2 heterocycles. The Bertz CT molecular complexity index is 2200. The van der Waals surface area contributed by atoms with E-state index in [2.05, 4.69) is 96.9 Å². The summed E-state index contributed by atoms with van der Waals surface area (Å²) < 4.78 is 15.2. The summed E-state index contributed by atoms with van der Waals surface area (Å²) in [4.78, 5) is 0. The molecule has 0 aliphatic rings. The van der Waals surface area contributed by atoms with Gasteiger partial charge in [0.1, 0.15) is 22.3 Å². The smallest absolute Gasteiger partial charge is 0.456 e. The van der Waals surface area contributed by atoms with E-state index >= 15 is 0 Å². The predicted molar refractivity (Wildman–Crippen MR) is 197 cm³/mol. The van der Waals surface area contributed by atoms with Crippen LogP contribution in [0.5, 0.6) is 0 Å². The van der Waals surface area contributed by atoms with Gasteiger partial charge in [0.15, 0.2) is 0 Å². The first-order valence-electron chi connectivity index (χ1n) is 13.7. The van der Waals surface area contributed by atoms with Crippen molar-refractivity contribution in [1.82, 2.24) is 0 Å². The predicted octanol–water partition coefficient (Wildman–Crippen LogP) is 10.3. The summed E-state index contributed by atoms with van der Waals surface area (Å²) in [6, 6.07) is 43.8. The zero-order valence-electron chi connectivity index (χ0n) is 23.1. The third kappa shape index (κ3) is 6.36.